The van der Waals surface area contributed by atoms with Gasteiger partial charge in [-0.1, -0.05) is 38.7 Å². The summed E-state index contributed by atoms with van der Waals surface area (Å²) in [6.07, 6.45) is 8.64. The van der Waals surface area contributed by atoms with E-state index >= 15 is 0 Å². The molecule has 2 rings (SSSR count). The van der Waals surface area contributed by atoms with Crippen LogP contribution in [0.15, 0.2) is 11.1 Å². The molecule has 15 heavy (non-hydrogen) atoms. The number of carbonyl (C=O) groups is 1. The molecule has 0 N–H and O–H groups in total. The zero-order chi connectivity index (χ0) is 10.8. The van der Waals surface area contributed by atoms with Crippen molar-refractivity contribution in [3.63, 3.8) is 0 Å². The number of hydrogen-bond acceptors (Lipinski definition) is 1. The van der Waals surface area contributed by atoms with Crippen LogP contribution < -0.4 is 0 Å². The second-order valence-corrected chi connectivity index (χ2v) is 5.37. The minimum Gasteiger partial charge on any atom is -0.295 e. The summed E-state index contributed by atoms with van der Waals surface area (Å²) in [4.78, 5) is 11.9. The maximum atomic E-state index is 11.9. The van der Waals surface area contributed by atoms with Crippen LogP contribution >= 0.6 is 0 Å². The highest BCUT2D eigenvalue weighted by molar-refractivity contribution is 5.99. The van der Waals surface area contributed by atoms with E-state index in [2.05, 4.69) is 13.8 Å². The van der Waals surface area contributed by atoms with Gasteiger partial charge < -0.3 is 0 Å². The molecule has 0 amide bonds. The van der Waals surface area contributed by atoms with E-state index in [1.807, 2.05) is 0 Å². The van der Waals surface area contributed by atoms with Crippen molar-refractivity contribution >= 4 is 5.78 Å². The molecular formula is C14H22O. The van der Waals surface area contributed by atoms with Gasteiger partial charge in [0.1, 0.15) is 0 Å². The predicted octanol–water partition coefficient (Wildman–Crippen LogP) is 3.88. The van der Waals surface area contributed by atoms with Crippen molar-refractivity contribution in [1.29, 1.82) is 0 Å². The first kappa shape index (κ1) is 10.9. The molecule has 0 heterocycles. The third-order valence-corrected chi connectivity index (χ3v) is 3.90. The summed E-state index contributed by atoms with van der Waals surface area (Å²) >= 11 is 0. The van der Waals surface area contributed by atoms with Crippen LogP contribution in [-0.2, 0) is 4.79 Å². The zero-order valence-electron chi connectivity index (χ0n) is 10.0. The third kappa shape index (κ3) is 2.16. The summed E-state index contributed by atoms with van der Waals surface area (Å²) in [6, 6.07) is 0. The van der Waals surface area contributed by atoms with E-state index in [1.165, 1.54) is 49.7 Å². The minimum atomic E-state index is 0.442. The van der Waals surface area contributed by atoms with Crippen LogP contribution in [0.3, 0.4) is 0 Å². The van der Waals surface area contributed by atoms with Crippen molar-refractivity contribution in [1.82, 2.24) is 0 Å². The number of fused-ring (bicyclic) bond motifs is 1. The number of carbonyl (C=O) groups excluding carboxylic acids is 1. The highest BCUT2D eigenvalue weighted by atomic mass is 16.1. The molecule has 1 atom stereocenters. The van der Waals surface area contributed by atoms with E-state index < -0.39 is 0 Å². The van der Waals surface area contributed by atoms with Gasteiger partial charge in [-0.3, -0.25) is 4.79 Å². The molecule has 0 bridgehead atoms. The van der Waals surface area contributed by atoms with Crippen LogP contribution in [0.1, 0.15) is 58.8 Å². The summed E-state index contributed by atoms with van der Waals surface area (Å²) in [5.41, 5.74) is 2.73. The van der Waals surface area contributed by atoms with Crippen molar-refractivity contribution in [2.75, 3.05) is 0 Å². The summed E-state index contributed by atoms with van der Waals surface area (Å²) in [7, 11) is 0. The lowest BCUT2D eigenvalue weighted by Gasteiger charge is -2.19. The van der Waals surface area contributed by atoms with Crippen LogP contribution in [-0.4, -0.2) is 5.78 Å². The maximum absolute atomic E-state index is 11.9. The van der Waals surface area contributed by atoms with Crippen LogP contribution in [0.5, 0.6) is 0 Å². The normalized spacial score (nSPS) is 27.9. The molecule has 0 aromatic heterocycles. The Bertz CT molecular complexity index is 286. The Kier molecular flexibility index (Phi) is 3.28. The van der Waals surface area contributed by atoms with Gasteiger partial charge in [-0.2, -0.15) is 0 Å². The molecule has 1 fully saturated rings. The number of Topliss-reactive ketones (excluding diaryl/α,β-unsaturated/α-hetero) is 1. The summed E-state index contributed by atoms with van der Waals surface area (Å²) in [5.74, 6) is 1.51. The molecular weight excluding hydrogens is 184 g/mol. The topological polar surface area (TPSA) is 17.1 Å². The second kappa shape index (κ2) is 4.51. The highest BCUT2D eigenvalue weighted by Crippen LogP contribution is 2.40. The van der Waals surface area contributed by atoms with E-state index in [0.29, 0.717) is 17.6 Å². The first-order chi connectivity index (χ1) is 7.20. The number of hydrogen-bond donors (Lipinski definition) is 0. The Hall–Kier alpha value is -0.590. The Labute approximate surface area is 92.9 Å². The van der Waals surface area contributed by atoms with E-state index in [1.54, 1.807) is 0 Å². The maximum Gasteiger partial charge on any atom is 0.159 e. The summed E-state index contributed by atoms with van der Waals surface area (Å²) < 4.78 is 0. The largest absolute Gasteiger partial charge is 0.295 e. The molecule has 1 heteroatoms. The smallest absolute Gasteiger partial charge is 0.159 e. The minimum absolute atomic E-state index is 0.442. The van der Waals surface area contributed by atoms with Crippen molar-refractivity contribution < 1.29 is 4.79 Å². The van der Waals surface area contributed by atoms with E-state index in [9.17, 15) is 4.79 Å². The molecule has 0 aromatic rings. The lowest BCUT2D eigenvalue weighted by molar-refractivity contribution is -0.115. The Balaban J connectivity index is 2.25. The van der Waals surface area contributed by atoms with Gasteiger partial charge in [0.05, 0.1) is 0 Å². The Morgan fingerprint density at radius 1 is 1.13 bits per heavy atom. The SMILES string of the molecule is CC(C)C1=C2CCCCCCC2CC1=O. The molecule has 1 saturated carbocycles. The van der Waals surface area contributed by atoms with Gasteiger partial charge in [-0.25, -0.2) is 0 Å². The van der Waals surface area contributed by atoms with Gasteiger partial charge in [-0.15, -0.1) is 0 Å². The first-order valence-electron chi connectivity index (χ1n) is 6.46. The fourth-order valence-electron chi connectivity index (χ4n) is 3.22. The molecule has 0 saturated heterocycles. The van der Waals surface area contributed by atoms with Gasteiger partial charge >= 0.3 is 0 Å². The first-order valence-corrected chi connectivity index (χ1v) is 6.46. The van der Waals surface area contributed by atoms with Gasteiger partial charge in [0.2, 0.25) is 0 Å². The Morgan fingerprint density at radius 2 is 1.87 bits per heavy atom. The van der Waals surface area contributed by atoms with Crippen LogP contribution in [0.25, 0.3) is 0 Å². The fraction of sp³-hybridized carbons (Fsp3) is 0.786. The zero-order valence-corrected chi connectivity index (χ0v) is 10.0. The number of rotatable bonds is 1. The highest BCUT2D eigenvalue weighted by Gasteiger charge is 2.32. The lowest BCUT2D eigenvalue weighted by atomic mass is 9.86. The standard InChI is InChI=1S/C14H22O/c1-10(2)14-12-8-6-4-3-5-7-11(12)9-13(14)15/h10-11H,3-9H2,1-2H3. The Morgan fingerprint density at radius 3 is 2.60 bits per heavy atom. The van der Waals surface area contributed by atoms with Crippen molar-refractivity contribution in [2.24, 2.45) is 11.8 Å². The quantitative estimate of drug-likeness (QED) is 0.636. The monoisotopic (exact) mass is 206 g/mol. The van der Waals surface area contributed by atoms with Gasteiger partial charge in [0, 0.05) is 6.42 Å². The van der Waals surface area contributed by atoms with E-state index in [-0.39, 0.29) is 0 Å². The molecule has 0 radical (unpaired) electrons. The average Bonchev–Trinajstić information content (AvgIpc) is 2.42. The molecule has 2 aliphatic carbocycles. The molecule has 0 aliphatic heterocycles. The predicted molar refractivity (Wildman–Crippen MR) is 62.7 cm³/mol. The van der Waals surface area contributed by atoms with Crippen LogP contribution in [0.4, 0.5) is 0 Å². The molecule has 0 aromatic carbocycles. The summed E-state index contributed by atoms with van der Waals surface area (Å²) in [5, 5.41) is 0. The third-order valence-electron chi connectivity index (χ3n) is 3.90. The molecule has 1 unspecified atom stereocenters. The van der Waals surface area contributed by atoms with Crippen molar-refractivity contribution in [3.8, 4) is 0 Å². The molecule has 2 aliphatic rings. The van der Waals surface area contributed by atoms with Crippen molar-refractivity contribution in [2.45, 2.75) is 58.8 Å². The van der Waals surface area contributed by atoms with Crippen molar-refractivity contribution in [3.05, 3.63) is 11.1 Å². The number of ketones is 1. The fourth-order valence-corrected chi connectivity index (χ4v) is 3.22. The van der Waals surface area contributed by atoms with Crippen LogP contribution in [0, 0.1) is 11.8 Å². The lowest BCUT2D eigenvalue weighted by Crippen LogP contribution is -2.04. The van der Waals surface area contributed by atoms with E-state index in [4.69, 9.17) is 0 Å². The summed E-state index contributed by atoms with van der Waals surface area (Å²) in [6.45, 7) is 4.34. The van der Waals surface area contributed by atoms with Gasteiger partial charge in [0.15, 0.2) is 5.78 Å². The second-order valence-electron chi connectivity index (χ2n) is 5.37. The average molecular weight is 206 g/mol. The van der Waals surface area contributed by atoms with Crippen LogP contribution in [0.2, 0.25) is 0 Å². The van der Waals surface area contributed by atoms with Gasteiger partial charge in [-0.05, 0) is 36.7 Å². The van der Waals surface area contributed by atoms with Gasteiger partial charge in [0.25, 0.3) is 0 Å². The number of allylic oxidation sites excluding steroid dienone is 2. The molecule has 0 spiro atoms. The molecule has 84 valence electrons. The van der Waals surface area contributed by atoms with E-state index in [0.717, 1.165) is 6.42 Å². The molecule has 1 nitrogen and oxygen atoms in total.